The highest BCUT2D eigenvalue weighted by Gasteiger charge is 2.06. The first-order chi connectivity index (χ1) is 9.61. The minimum Gasteiger partial charge on any atom is -0.313 e. The number of rotatable bonds is 5. The van der Waals surface area contributed by atoms with Crippen molar-refractivity contribution in [2.45, 2.75) is 26.8 Å². The minimum absolute atomic E-state index is 0.553. The highest BCUT2D eigenvalue weighted by molar-refractivity contribution is 6.42. The summed E-state index contributed by atoms with van der Waals surface area (Å²) in [6, 6.07) is 9.72. The van der Waals surface area contributed by atoms with Gasteiger partial charge in [-0.15, -0.1) is 0 Å². The molecule has 0 aliphatic heterocycles. The lowest BCUT2D eigenvalue weighted by Gasteiger charge is -2.09. The molecule has 1 aromatic heterocycles. The smallest absolute Gasteiger partial charge is 0.0705 e. The molecule has 2 aromatic rings. The van der Waals surface area contributed by atoms with Crippen LogP contribution < -0.4 is 5.32 Å². The molecule has 4 heteroatoms. The molecule has 0 fully saturated rings. The third-order valence-corrected chi connectivity index (χ3v) is 3.89. The zero-order valence-corrected chi connectivity index (χ0v) is 13.2. The van der Waals surface area contributed by atoms with Gasteiger partial charge in [-0.3, -0.25) is 4.98 Å². The Balaban J connectivity index is 2.21. The molecule has 1 heterocycles. The van der Waals surface area contributed by atoms with Gasteiger partial charge in [-0.05, 0) is 43.7 Å². The van der Waals surface area contributed by atoms with Gasteiger partial charge in [0.2, 0.25) is 0 Å². The van der Waals surface area contributed by atoms with Crippen LogP contribution in [0.4, 0.5) is 0 Å². The van der Waals surface area contributed by atoms with Crippen LogP contribution >= 0.6 is 23.2 Å². The molecular formula is C16H18Cl2N2. The van der Waals surface area contributed by atoms with E-state index in [-0.39, 0.29) is 0 Å². The molecule has 0 spiro atoms. The van der Waals surface area contributed by atoms with E-state index in [9.17, 15) is 0 Å². The van der Waals surface area contributed by atoms with Crippen LogP contribution in [0.5, 0.6) is 0 Å². The van der Waals surface area contributed by atoms with Crippen LogP contribution in [0.1, 0.15) is 24.6 Å². The van der Waals surface area contributed by atoms with E-state index in [4.69, 9.17) is 23.2 Å². The molecule has 0 aliphatic carbocycles. The Kier molecular flexibility index (Phi) is 5.41. The Labute approximate surface area is 130 Å². The first-order valence-electron chi connectivity index (χ1n) is 6.74. The minimum atomic E-state index is 0.553. The van der Waals surface area contributed by atoms with Gasteiger partial charge in [-0.2, -0.15) is 0 Å². The molecule has 0 unspecified atom stereocenters. The van der Waals surface area contributed by atoms with Gasteiger partial charge in [-0.25, -0.2) is 0 Å². The Morgan fingerprint density at radius 1 is 1.10 bits per heavy atom. The zero-order chi connectivity index (χ0) is 14.5. The van der Waals surface area contributed by atoms with Gasteiger partial charge in [0.1, 0.15) is 0 Å². The molecule has 0 saturated heterocycles. The van der Waals surface area contributed by atoms with Crippen LogP contribution in [0.25, 0.3) is 11.3 Å². The monoisotopic (exact) mass is 308 g/mol. The average molecular weight is 309 g/mol. The van der Waals surface area contributed by atoms with Crippen molar-refractivity contribution in [3.63, 3.8) is 0 Å². The molecule has 0 radical (unpaired) electrons. The normalized spacial score (nSPS) is 10.8. The maximum atomic E-state index is 6.05. The van der Waals surface area contributed by atoms with Gasteiger partial charge >= 0.3 is 0 Å². The van der Waals surface area contributed by atoms with E-state index in [2.05, 4.69) is 23.3 Å². The summed E-state index contributed by atoms with van der Waals surface area (Å²) in [5, 5.41) is 4.51. The third kappa shape index (κ3) is 3.72. The largest absolute Gasteiger partial charge is 0.313 e. The number of halogens is 2. The molecule has 2 rings (SSSR count). The molecule has 106 valence electrons. The second-order valence-corrected chi connectivity index (χ2v) is 5.56. The predicted octanol–water partition coefficient (Wildman–Crippen LogP) is 4.86. The lowest BCUT2D eigenvalue weighted by Crippen LogP contribution is -2.15. The van der Waals surface area contributed by atoms with Gasteiger partial charge in [0, 0.05) is 17.8 Å². The molecular weight excluding hydrogens is 291 g/mol. The molecule has 1 aromatic carbocycles. The number of nitrogens with zero attached hydrogens (tertiary/aromatic N) is 1. The van der Waals surface area contributed by atoms with E-state index in [1.54, 1.807) is 6.07 Å². The van der Waals surface area contributed by atoms with Crippen LogP contribution in [-0.2, 0) is 6.54 Å². The number of nitrogens with one attached hydrogen (secondary N) is 1. The van der Waals surface area contributed by atoms with E-state index in [0.717, 1.165) is 36.5 Å². The summed E-state index contributed by atoms with van der Waals surface area (Å²) in [5.41, 5.74) is 4.16. The number of hydrogen-bond donors (Lipinski definition) is 1. The Hall–Kier alpha value is -1.09. The number of aromatic nitrogens is 1. The Bertz CT molecular complexity index is 597. The van der Waals surface area contributed by atoms with Crippen LogP contribution in [0.15, 0.2) is 30.3 Å². The van der Waals surface area contributed by atoms with Crippen molar-refractivity contribution in [3.8, 4) is 11.3 Å². The first kappa shape index (κ1) is 15.3. The maximum Gasteiger partial charge on any atom is 0.0705 e. The third-order valence-electron chi connectivity index (χ3n) is 3.15. The second-order valence-electron chi connectivity index (χ2n) is 4.75. The molecule has 0 atom stereocenters. The Morgan fingerprint density at radius 2 is 1.90 bits per heavy atom. The van der Waals surface area contributed by atoms with Crippen molar-refractivity contribution in [2.75, 3.05) is 6.54 Å². The quantitative estimate of drug-likeness (QED) is 0.798. The molecule has 20 heavy (non-hydrogen) atoms. The van der Waals surface area contributed by atoms with E-state index in [1.165, 1.54) is 5.56 Å². The van der Waals surface area contributed by atoms with Crippen molar-refractivity contribution in [3.05, 3.63) is 51.6 Å². The fourth-order valence-corrected chi connectivity index (χ4v) is 2.29. The lowest BCUT2D eigenvalue weighted by molar-refractivity contribution is 0.671. The highest BCUT2D eigenvalue weighted by Crippen LogP contribution is 2.28. The SMILES string of the molecule is CCCNCc1ccc(-c2ccc(Cl)c(Cl)c2)nc1C. The number of pyridine rings is 1. The summed E-state index contributed by atoms with van der Waals surface area (Å²) in [6.45, 7) is 6.07. The number of benzene rings is 1. The van der Waals surface area contributed by atoms with Crippen molar-refractivity contribution in [1.82, 2.24) is 10.3 Å². The average Bonchev–Trinajstić information content (AvgIpc) is 2.44. The zero-order valence-electron chi connectivity index (χ0n) is 11.7. The molecule has 0 aliphatic rings. The van der Waals surface area contributed by atoms with E-state index >= 15 is 0 Å². The fourth-order valence-electron chi connectivity index (χ4n) is 1.99. The molecule has 0 saturated carbocycles. The summed E-state index contributed by atoms with van der Waals surface area (Å²) in [5.74, 6) is 0. The van der Waals surface area contributed by atoms with Crippen molar-refractivity contribution >= 4 is 23.2 Å². The van der Waals surface area contributed by atoms with Gasteiger partial charge < -0.3 is 5.32 Å². The van der Waals surface area contributed by atoms with Gasteiger partial charge in [0.05, 0.1) is 15.7 Å². The molecule has 0 bridgehead atoms. The van der Waals surface area contributed by atoms with Crippen molar-refractivity contribution < 1.29 is 0 Å². The van der Waals surface area contributed by atoms with Gasteiger partial charge in [0.15, 0.2) is 0 Å². The number of aryl methyl sites for hydroxylation is 1. The lowest BCUT2D eigenvalue weighted by atomic mass is 10.1. The summed E-state index contributed by atoms with van der Waals surface area (Å²) >= 11 is 12.0. The standard InChI is InChI=1S/C16H18Cl2N2/c1-3-8-19-10-13-5-7-16(20-11(13)2)12-4-6-14(17)15(18)9-12/h4-7,9,19H,3,8,10H2,1-2H3. The molecule has 1 N–H and O–H groups in total. The maximum absolute atomic E-state index is 6.05. The van der Waals surface area contributed by atoms with Gasteiger partial charge in [-0.1, -0.05) is 42.3 Å². The molecule has 2 nitrogen and oxygen atoms in total. The van der Waals surface area contributed by atoms with Gasteiger partial charge in [0.25, 0.3) is 0 Å². The van der Waals surface area contributed by atoms with Crippen molar-refractivity contribution in [2.24, 2.45) is 0 Å². The highest BCUT2D eigenvalue weighted by atomic mass is 35.5. The van der Waals surface area contributed by atoms with Crippen LogP contribution in [0.2, 0.25) is 10.0 Å². The second kappa shape index (κ2) is 7.07. The van der Waals surface area contributed by atoms with E-state index in [1.807, 2.05) is 25.1 Å². The summed E-state index contributed by atoms with van der Waals surface area (Å²) in [4.78, 5) is 4.65. The summed E-state index contributed by atoms with van der Waals surface area (Å²) < 4.78 is 0. The topological polar surface area (TPSA) is 24.9 Å². The molecule has 0 amide bonds. The van der Waals surface area contributed by atoms with E-state index < -0.39 is 0 Å². The Morgan fingerprint density at radius 3 is 2.55 bits per heavy atom. The predicted molar refractivity (Wildman–Crippen MR) is 86.4 cm³/mol. The van der Waals surface area contributed by atoms with Crippen LogP contribution in [0.3, 0.4) is 0 Å². The van der Waals surface area contributed by atoms with Crippen molar-refractivity contribution in [1.29, 1.82) is 0 Å². The van der Waals surface area contributed by atoms with E-state index in [0.29, 0.717) is 10.0 Å². The summed E-state index contributed by atoms with van der Waals surface area (Å²) in [7, 11) is 0. The summed E-state index contributed by atoms with van der Waals surface area (Å²) in [6.07, 6.45) is 1.13. The number of hydrogen-bond acceptors (Lipinski definition) is 2. The first-order valence-corrected chi connectivity index (χ1v) is 7.50. The van der Waals surface area contributed by atoms with Crippen LogP contribution in [-0.4, -0.2) is 11.5 Å². The van der Waals surface area contributed by atoms with Crippen LogP contribution in [0, 0.1) is 6.92 Å². The fraction of sp³-hybridized carbons (Fsp3) is 0.312.